The molecule has 0 radical (unpaired) electrons. The third-order valence-corrected chi connectivity index (χ3v) is 5.28. The number of rotatable bonds is 5. The van der Waals surface area contributed by atoms with Gasteiger partial charge in [-0.2, -0.15) is 0 Å². The molecular formula is C21H23F3N2O2. The number of nitrogens with zero attached hydrogens (tertiary/aromatic N) is 1. The van der Waals surface area contributed by atoms with Gasteiger partial charge in [-0.15, -0.1) is 0 Å². The van der Waals surface area contributed by atoms with Gasteiger partial charge in [0, 0.05) is 26.6 Å². The number of aliphatic hydroxyl groups is 1. The average Bonchev–Trinajstić information content (AvgIpc) is 2.65. The Morgan fingerprint density at radius 1 is 1.11 bits per heavy atom. The van der Waals surface area contributed by atoms with Crippen molar-refractivity contribution >= 4 is 5.91 Å². The van der Waals surface area contributed by atoms with Crippen LogP contribution in [0.5, 0.6) is 0 Å². The fourth-order valence-corrected chi connectivity index (χ4v) is 3.78. The minimum atomic E-state index is -0.990. The average molecular weight is 392 g/mol. The number of piperidine rings is 1. The molecule has 0 unspecified atom stereocenters. The van der Waals surface area contributed by atoms with Crippen LogP contribution in [0.25, 0.3) is 0 Å². The second-order valence-electron chi connectivity index (χ2n) is 7.26. The van der Waals surface area contributed by atoms with Crippen LogP contribution in [0.15, 0.2) is 42.5 Å². The van der Waals surface area contributed by atoms with Gasteiger partial charge in [-0.05, 0) is 48.2 Å². The van der Waals surface area contributed by atoms with Crippen LogP contribution in [0.2, 0.25) is 0 Å². The van der Waals surface area contributed by atoms with Gasteiger partial charge in [-0.1, -0.05) is 18.2 Å². The molecule has 1 fully saturated rings. The highest BCUT2D eigenvalue weighted by Gasteiger charge is 2.37. The molecule has 0 aromatic heterocycles. The zero-order valence-corrected chi connectivity index (χ0v) is 15.6. The van der Waals surface area contributed by atoms with Crippen LogP contribution in [-0.2, 0) is 10.3 Å². The van der Waals surface area contributed by atoms with Gasteiger partial charge in [-0.3, -0.25) is 4.79 Å². The number of hydrogen-bond donors (Lipinski definition) is 2. The van der Waals surface area contributed by atoms with E-state index in [4.69, 9.17) is 0 Å². The van der Waals surface area contributed by atoms with Crippen LogP contribution in [0.3, 0.4) is 0 Å². The van der Waals surface area contributed by atoms with E-state index in [0.29, 0.717) is 31.5 Å². The van der Waals surface area contributed by atoms with E-state index in [2.05, 4.69) is 5.32 Å². The number of carbonyl (C=O) groups is 1. The Bertz CT molecular complexity index is 834. The molecule has 1 amide bonds. The molecule has 1 saturated heterocycles. The molecule has 1 aliphatic rings. The van der Waals surface area contributed by atoms with Crippen molar-refractivity contribution in [3.05, 3.63) is 71.0 Å². The molecule has 1 heterocycles. The molecular weight excluding hydrogens is 369 g/mol. The van der Waals surface area contributed by atoms with Crippen molar-refractivity contribution < 1.29 is 23.1 Å². The van der Waals surface area contributed by atoms with Gasteiger partial charge in [0.15, 0.2) is 11.6 Å². The number of aliphatic hydroxyl groups excluding tert-OH is 1. The number of halogens is 3. The Balaban J connectivity index is 1.69. The molecule has 2 aromatic rings. The summed E-state index contributed by atoms with van der Waals surface area (Å²) < 4.78 is 39.7. The van der Waals surface area contributed by atoms with Gasteiger partial charge in [-0.25, -0.2) is 13.2 Å². The summed E-state index contributed by atoms with van der Waals surface area (Å²) in [5, 5.41) is 13.4. The van der Waals surface area contributed by atoms with Crippen LogP contribution in [0.1, 0.15) is 37.0 Å². The number of benzene rings is 2. The van der Waals surface area contributed by atoms with Crippen molar-refractivity contribution in [1.82, 2.24) is 10.2 Å². The Morgan fingerprint density at radius 2 is 1.75 bits per heavy atom. The van der Waals surface area contributed by atoms with Gasteiger partial charge in [0.1, 0.15) is 5.82 Å². The van der Waals surface area contributed by atoms with E-state index in [-0.39, 0.29) is 18.3 Å². The number of likely N-dealkylation sites (tertiary alicyclic amines) is 1. The van der Waals surface area contributed by atoms with E-state index in [1.54, 1.807) is 12.1 Å². The number of carbonyl (C=O) groups excluding carboxylic acids is 1. The van der Waals surface area contributed by atoms with Crippen LogP contribution >= 0.6 is 0 Å². The van der Waals surface area contributed by atoms with E-state index in [1.165, 1.54) is 25.1 Å². The van der Waals surface area contributed by atoms with Crippen molar-refractivity contribution in [3.63, 3.8) is 0 Å². The van der Waals surface area contributed by atoms with Crippen molar-refractivity contribution in [2.75, 3.05) is 19.6 Å². The fourth-order valence-electron chi connectivity index (χ4n) is 3.78. The lowest BCUT2D eigenvalue weighted by atomic mass is 9.80. The predicted molar refractivity (Wildman–Crippen MR) is 98.9 cm³/mol. The van der Waals surface area contributed by atoms with Gasteiger partial charge >= 0.3 is 0 Å². The summed E-state index contributed by atoms with van der Waals surface area (Å²) in [5.41, 5.74) is 0.559. The van der Waals surface area contributed by atoms with E-state index >= 15 is 0 Å². The van der Waals surface area contributed by atoms with E-state index in [9.17, 15) is 23.1 Å². The SMILES string of the molecule is CC(=O)NC1(c2ccc(F)cc2)CCN(C[C@H](O)c2ccc(F)c(F)c2)CC1. The quantitative estimate of drug-likeness (QED) is 0.821. The molecule has 28 heavy (non-hydrogen) atoms. The maximum absolute atomic E-state index is 13.4. The maximum atomic E-state index is 13.4. The van der Waals surface area contributed by atoms with E-state index in [1.807, 2.05) is 4.90 Å². The lowest BCUT2D eigenvalue weighted by Crippen LogP contribution is -2.53. The third kappa shape index (κ3) is 4.54. The Kier molecular flexibility index (Phi) is 6.05. The molecule has 1 atom stereocenters. The number of nitrogens with one attached hydrogen (secondary N) is 1. The lowest BCUT2D eigenvalue weighted by molar-refractivity contribution is -0.121. The Morgan fingerprint density at radius 3 is 2.32 bits per heavy atom. The highest BCUT2D eigenvalue weighted by atomic mass is 19.2. The van der Waals surface area contributed by atoms with Crippen LogP contribution < -0.4 is 5.32 Å². The molecule has 3 rings (SSSR count). The first kappa shape index (κ1) is 20.4. The summed E-state index contributed by atoms with van der Waals surface area (Å²) in [4.78, 5) is 13.8. The van der Waals surface area contributed by atoms with Gasteiger partial charge in [0.2, 0.25) is 5.91 Å². The Labute approximate surface area is 162 Å². The van der Waals surface area contributed by atoms with Crippen molar-refractivity contribution in [3.8, 4) is 0 Å². The lowest BCUT2D eigenvalue weighted by Gasteiger charge is -2.43. The molecule has 150 valence electrons. The van der Waals surface area contributed by atoms with Crippen LogP contribution in [0.4, 0.5) is 13.2 Å². The van der Waals surface area contributed by atoms with Crippen molar-refractivity contribution in [2.45, 2.75) is 31.4 Å². The zero-order valence-electron chi connectivity index (χ0n) is 15.6. The third-order valence-electron chi connectivity index (χ3n) is 5.28. The highest BCUT2D eigenvalue weighted by Crippen LogP contribution is 2.34. The second kappa shape index (κ2) is 8.32. The van der Waals surface area contributed by atoms with Crippen molar-refractivity contribution in [1.29, 1.82) is 0 Å². The van der Waals surface area contributed by atoms with Gasteiger partial charge in [0.05, 0.1) is 11.6 Å². The summed E-state index contributed by atoms with van der Waals surface area (Å²) in [7, 11) is 0. The summed E-state index contributed by atoms with van der Waals surface area (Å²) in [6.07, 6.45) is 0.222. The fraction of sp³-hybridized carbons (Fsp3) is 0.381. The van der Waals surface area contributed by atoms with Gasteiger partial charge in [0.25, 0.3) is 0 Å². The summed E-state index contributed by atoms with van der Waals surface area (Å²) in [6, 6.07) is 9.47. The Hall–Kier alpha value is -2.38. The molecule has 0 aliphatic carbocycles. The predicted octanol–water partition coefficient (Wildman–Crippen LogP) is 3.26. The maximum Gasteiger partial charge on any atom is 0.217 e. The molecule has 4 nitrogen and oxygen atoms in total. The zero-order chi connectivity index (χ0) is 20.3. The van der Waals surface area contributed by atoms with E-state index < -0.39 is 23.3 Å². The normalized spacial score (nSPS) is 17.9. The molecule has 0 saturated carbocycles. The number of β-amino-alcohol motifs (C(OH)–C–C–N with tert-alkyl or cyclic N) is 1. The largest absolute Gasteiger partial charge is 0.387 e. The second-order valence-corrected chi connectivity index (χ2v) is 7.26. The molecule has 0 bridgehead atoms. The summed E-state index contributed by atoms with van der Waals surface area (Å²) >= 11 is 0. The smallest absolute Gasteiger partial charge is 0.217 e. The standard InChI is InChI=1S/C21H23F3N2O2/c1-14(27)25-21(16-3-5-17(22)6-4-16)8-10-26(11-9-21)13-20(28)15-2-7-18(23)19(24)12-15/h2-7,12,20,28H,8-11,13H2,1H3,(H,25,27)/t20-/m0/s1. The molecule has 2 aromatic carbocycles. The molecule has 7 heteroatoms. The minimum Gasteiger partial charge on any atom is -0.387 e. The summed E-state index contributed by atoms with van der Waals surface area (Å²) in [6.45, 7) is 2.88. The van der Waals surface area contributed by atoms with Crippen LogP contribution in [0, 0.1) is 17.5 Å². The van der Waals surface area contributed by atoms with Crippen LogP contribution in [-0.4, -0.2) is 35.5 Å². The van der Waals surface area contributed by atoms with E-state index in [0.717, 1.165) is 17.7 Å². The first-order valence-corrected chi connectivity index (χ1v) is 9.19. The molecule has 2 N–H and O–H groups in total. The van der Waals surface area contributed by atoms with Crippen molar-refractivity contribution in [2.24, 2.45) is 0 Å². The monoisotopic (exact) mass is 392 g/mol. The molecule has 1 aliphatic heterocycles. The topological polar surface area (TPSA) is 52.6 Å². The number of amides is 1. The summed E-state index contributed by atoms with van der Waals surface area (Å²) in [5.74, 6) is -2.45. The first-order chi connectivity index (χ1) is 13.3. The van der Waals surface area contributed by atoms with Gasteiger partial charge < -0.3 is 15.3 Å². The number of hydrogen-bond acceptors (Lipinski definition) is 3. The minimum absolute atomic E-state index is 0.167. The first-order valence-electron chi connectivity index (χ1n) is 9.19. The molecule has 0 spiro atoms. The highest BCUT2D eigenvalue weighted by molar-refractivity contribution is 5.74.